The summed E-state index contributed by atoms with van der Waals surface area (Å²) in [7, 11) is 0. The van der Waals surface area contributed by atoms with Crippen LogP contribution in [0.2, 0.25) is 10.0 Å². The summed E-state index contributed by atoms with van der Waals surface area (Å²) >= 11 is 11.8. The molecule has 0 aliphatic carbocycles. The minimum Gasteiger partial charge on any atom is -0.462 e. The number of benzene rings is 2. The molecule has 0 bridgehead atoms. The summed E-state index contributed by atoms with van der Waals surface area (Å²) in [6.45, 7) is 1.52. The highest BCUT2D eigenvalue weighted by Gasteiger charge is 2.37. The number of rotatable bonds is 8. The van der Waals surface area contributed by atoms with Crippen molar-refractivity contribution in [1.29, 1.82) is 0 Å². The van der Waals surface area contributed by atoms with E-state index in [0.29, 0.717) is 12.8 Å². The monoisotopic (exact) mass is 462 g/mol. The molecule has 0 fully saturated rings. The molecule has 1 aliphatic heterocycles. The molecule has 0 spiro atoms. The lowest BCUT2D eigenvalue weighted by Gasteiger charge is -2.13. The number of imide groups is 1. The van der Waals surface area contributed by atoms with Crippen LogP contribution in [0.3, 0.4) is 0 Å². The molecule has 3 amide bonds. The number of halogens is 2. The number of carbonyl (C=O) groups is 4. The maximum absolute atomic E-state index is 12.4. The number of nitrogens with zero attached hydrogens (tertiary/aromatic N) is 1. The minimum atomic E-state index is -0.763. The maximum Gasteiger partial charge on any atom is 0.326 e. The lowest BCUT2D eigenvalue weighted by atomic mass is 10.1. The maximum atomic E-state index is 12.4. The first kappa shape index (κ1) is 22.8. The fraction of sp³-hybridized carbons (Fsp3) is 0.273. The summed E-state index contributed by atoms with van der Waals surface area (Å²) in [5.74, 6) is -2.20. The van der Waals surface area contributed by atoms with Crippen molar-refractivity contribution in [2.45, 2.75) is 19.8 Å². The van der Waals surface area contributed by atoms with E-state index in [2.05, 4.69) is 5.32 Å². The number of carbonyl (C=O) groups excluding carboxylic acids is 4. The van der Waals surface area contributed by atoms with Crippen molar-refractivity contribution in [1.82, 2.24) is 10.2 Å². The summed E-state index contributed by atoms with van der Waals surface area (Å²) in [5.41, 5.74) is 2.40. The Morgan fingerprint density at radius 3 is 2.16 bits per heavy atom. The molecular formula is C22H20Cl2N2O5. The van der Waals surface area contributed by atoms with E-state index in [1.54, 1.807) is 0 Å². The lowest BCUT2D eigenvalue weighted by molar-refractivity contribution is -0.144. The fourth-order valence-electron chi connectivity index (χ4n) is 3.06. The van der Waals surface area contributed by atoms with Crippen molar-refractivity contribution >= 4 is 46.9 Å². The van der Waals surface area contributed by atoms with Gasteiger partial charge in [-0.1, -0.05) is 53.0 Å². The lowest BCUT2D eigenvalue weighted by Crippen LogP contribution is -2.36. The Labute approximate surface area is 189 Å². The molecule has 9 heteroatoms. The summed E-state index contributed by atoms with van der Waals surface area (Å²) < 4.78 is 5.02. The molecule has 2 aromatic carbocycles. The van der Waals surface area contributed by atoms with Gasteiger partial charge < -0.3 is 10.1 Å². The number of fused-ring (bicyclic) bond motifs is 1. The van der Waals surface area contributed by atoms with E-state index >= 15 is 0 Å². The molecule has 7 nitrogen and oxygen atoms in total. The van der Waals surface area contributed by atoms with Gasteiger partial charge in [0.25, 0.3) is 11.8 Å². The Balaban J connectivity index is 1.39. The average molecular weight is 463 g/mol. The molecule has 2 aromatic rings. The van der Waals surface area contributed by atoms with Crippen LogP contribution in [0.4, 0.5) is 0 Å². The summed E-state index contributed by atoms with van der Waals surface area (Å²) in [5, 5.41) is 2.95. The van der Waals surface area contributed by atoms with Crippen LogP contribution in [0.1, 0.15) is 38.3 Å². The van der Waals surface area contributed by atoms with Crippen LogP contribution in [-0.4, -0.2) is 48.3 Å². The zero-order valence-corrected chi connectivity index (χ0v) is 18.3. The van der Waals surface area contributed by atoms with Gasteiger partial charge in [0.1, 0.15) is 13.2 Å². The predicted molar refractivity (Wildman–Crippen MR) is 115 cm³/mol. The molecule has 0 saturated carbocycles. The first-order valence-corrected chi connectivity index (χ1v) is 10.3. The third-order valence-corrected chi connectivity index (χ3v) is 5.47. The minimum absolute atomic E-state index is 0.0735. The van der Waals surface area contributed by atoms with Gasteiger partial charge >= 0.3 is 5.97 Å². The highest BCUT2D eigenvalue weighted by atomic mass is 35.5. The van der Waals surface area contributed by atoms with E-state index in [1.807, 2.05) is 31.2 Å². The number of aryl methyl sites for hydroxylation is 2. The Kier molecular flexibility index (Phi) is 7.30. The first-order chi connectivity index (χ1) is 14.8. The Morgan fingerprint density at radius 2 is 1.58 bits per heavy atom. The SMILES string of the molecule is Cc1ccc(CCC(=O)NCCOC(=O)CN2C(=O)c3cc(Cl)c(Cl)cc3C2=O)cc1. The van der Waals surface area contributed by atoms with Crippen molar-refractivity contribution in [3.8, 4) is 0 Å². The van der Waals surface area contributed by atoms with Gasteiger partial charge in [-0.05, 0) is 31.0 Å². The highest BCUT2D eigenvalue weighted by Crippen LogP contribution is 2.31. The van der Waals surface area contributed by atoms with E-state index in [1.165, 1.54) is 12.1 Å². The molecule has 162 valence electrons. The van der Waals surface area contributed by atoms with E-state index in [-0.39, 0.29) is 40.2 Å². The molecule has 0 saturated heterocycles. The van der Waals surface area contributed by atoms with Crippen molar-refractivity contribution < 1.29 is 23.9 Å². The molecule has 0 unspecified atom stereocenters. The number of hydrogen-bond acceptors (Lipinski definition) is 5. The highest BCUT2D eigenvalue weighted by molar-refractivity contribution is 6.43. The zero-order chi connectivity index (χ0) is 22.5. The standard InChI is InChI=1S/C22H20Cl2N2O5/c1-13-2-4-14(5-3-13)6-7-19(27)25-8-9-31-20(28)12-26-21(29)15-10-17(23)18(24)11-16(15)22(26)30/h2-5,10-11H,6-9,12H2,1H3,(H,25,27). The van der Waals surface area contributed by atoms with Crippen molar-refractivity contribution in [2.75, 3.05) is 19.7 Å². The van der Waals surface area contributed by atoms with Gasteiger partial charge in [-0.25, -0.2) is 0 Å². The van der Waals surface area contributed by atoms with Crippen molar-refractivity contribution in [3.05, 3.63) is 68.7 Å². The second kappa shape index (κ2) is 9.94. The topological polar surface area (TPSA) is 92.8 Å². The third kappa shape index (κ3) is 5.62. The van der Waals surface area contributed by atoms with Gasteiger partial charge in [0, 0.05) is 6.42 Å². The summed E-state index contributed by atoms with van der Waals surface area (Å²) in [4.78, 5) is 49.4. The second-order valence-corrected chi connectivity index (χ2v) is 7.88. The molecule has 0 radical (unpaired) electrons. The van der Waals surface area contributed by atoms with Crippen molar-refractivity contribution in [2.24, 2.45) is 0 Å². The first-order valence-electron chi connectivity index (χ1n) is 9.59. The Hall–Kier alpha value is -2.90. The third-order valence-electron chi connectivity index (χ3n) is 4.75. The predicted octanol–water partition coefficient (Wildman–Crippen LogP) is 3.19. The van der Waals surface area contributed by atoms with Gasteiger partial charge in [-0.15, -0.1) is 0 Å². The molecule has 0 atom stereocenters. The molecule has 1 heterocycles. The van der Waals surface area contributed by atoms with Gasteiger partial charge in [-0.2, -0.15) is 0 Å². The largest absolute Gasteiger partial charge is 0.462 e. The smallest absolute Gasteiger partial charge is 0.326 e. The normalized spacial score (nSPS) is 12.7. The fourth-order valence-corrected chi connectivity index (χ4v) is 3.39. The molecule has 1 N–H and O–H groups in total. The number of hydrogen-bond donors (Lipinski definition) is 1. The molecular weight excluding hydrogens is 443 g/mol. The van der Waals surface area contributed by atoms with Gasteiger partial charge in [-0.3, -0.25) is 24.1 Å². The van der Waals surface area contributed by atoms with E-state index in [4.69, 9.17) is 27.9 Å². The molecule has 1 aliphatic rings. The van der Waals surface area contributed by atoms with Crippen LogP contribution in [-0.2, 0) is 20.7 Å². The van der Waals surface area contributed by atoms with Gasteiger partial charge in [0.05, 0.1) is 27.7 Å². The van der Waals surface area contributed by atoms with E-state index in [9.17, 15) is 19.2 Å². The van der Waals surface area contributed by atoms with E-state index in [0.717, 1.165) is 16.0 Å². The number of esters is 1. The van der Waals surface area contributed by atoms with Gasteiger partial charge in [0.2, 0.25) is 5.91 Å². The number of nitrogens with one attached hydrogen (secondary N) is 1. The van der Waals surface area contributed by atoms with E-state index < -0.39 is 24.3 Å². The van der Waals surface area contributed by atoms with Gasteiger partial charge in [0.15, 0.2) is 0 Å². The number of ether oxygens (including phenoxy) is 1. The summed E-state index contributed by atoms with van der Waals surface area (Å²) in [6.07, 6.45) is 0.927. The quantitative estimate of drug-likeness (QED) is 0.369. The second-order valence-electron chi connectivity index (χ2n) is 7.06. The van der Waals surface area contributed by atoms with Crippen LogP contribution in [0.15, 0.2) is 36.4 Å². The zero-order valence-electron chi connectivity index (χ0n) is 16.7. The summed E-state index contributed by atoms with van der Waals surface area (Å²) in [6, 6.07) is 10.5. The van der Waals surface area contributed by atoms with Crippen LogP contribution in [0.5, 0.6) is 0 Å². The molecule has 0 aromatic heterocycles. The van der Waals surface area contributed by atoms with Crippen LogP contribution in [0, 0.1) is 6.92 Å². The Morgan fingerprint density at radius 1 is 1.00 bits per heavy atom. The number of amides is 3. The molecule has 3 rings (SSSR count). The van der Waals surface area contributed by atoms with Crippen LogP contribution >= 0.6 is 23.2 Å². The van der Waals surface area contributed by atoms with Crippen LogP contribution < -0.4 is 5.32 Å². The Bertz CT molecular complexity index is 996. The van der Waals surface area contributed by atoms with Crippen LogP contribution in [0.25, 0.3) is 0 Å². The van der Waals surface area contributed by atoms with Crippen molar-refractivity contribution in [3.63, 3.8) is 0 Å². The average Bonchev–Trinajstić information content (AvgIpc) is 2.95. The molecule has 31 heavy (non-hydrogen) atoms.